The van der Waals surface area contributed by atoms with Crippen LogP contribution < -0.4 is 20.7 Å². The Morgan fingerprint density at radius 1 is 0.793 bits per heavy atom. The molecule has 0 aliphatic carbocycles. The first-order valence-electron chi connectivity index (χ1n) is 9.27. The summed E-state index contributed by atoms with van der Waals surface area (Å²) >= 11 is 0. The summed E-state index contributed by atoms with van der Waals surface area (Å²) in [5.74, 6) is 0.393. The Bertz CT molecular complexity index is 957. The number of carbonyl (C=O) groups is 2. The van der Waals surface area contributed by atoms with Crippen molar-refractivity contribution in [1.82, 2.24) is 0 Å². The molecule has 0 spiro atoms. The molecule has 6 heteroatoms. The number of hydrogen-bond donors (Lipinski definition) is 3. The first-order chi connectivity index (χ1) is 14.1. The van der Waals surface area contributed by atoms with E-state index in [9.17, 15) is 9.59 Å². The second-order valence-electron chi connectivity index (χ2n) is 6.46. The molecule has 0 unspecified atom stereocenters. The van der Waals surface area contributed by atoms with Crippen LogP contribution in [0.25, 0.3) is 0 Å². The van der Waals surface area contributed by atoms with E-state index in [4.69, 9.17) is 4.74 Å². The molecule has 3 N–H and O–H groups in total. The van der Waals surface area contributed by atoms with E-state index < -0.39 is 0 Å². The standard InChI is InChI=1S/C23H23N3O3/c1-17(27)25-20-12-10-19(11-13-20)24-15-23(28)26-21-8-5-9-22(14-21)29-16-18-6-3-2-4-7-18/h2-14,24H,15-16H2,1H3,(H,25,27)(H,26,28). The maximum absolute atomic E-state index is 12.2. The average Bonchev–Trinajstić information content (AvgIpc) is 2.72. The van der Waals surface area contributed by atoms with Crippen LogP contribution in [0.15, 0.2) is 78.9 Å². The lowest BCUT2D eigenvalue weighted by atomic mass is 10.2. The van der Waals surface area contributed by atoms with E-state index in [1.165, 1.54) is 6.92 Å². The molecule has 3 rings (SSSR count). The van der Waals surface area contributed by atoms with Gasteiger partial charge in [-0.15, -0.1) is 0 Å². The van der Waals surface area contributed by atoms with E-state index in [1.807, 2.05) is 48.5 Å². The average molecular weight is 389 g/mol. The predicted molar refractivity (Wildman–Crippen MR) is 115 cm³/mol. The molecule has 29 heavy (non-hydrogen) atoms. The van der Waals surface area contributed by atoms with Gasteiger partial charge in [0.05, 0.1) is 6.54 Å². The topological polar surface area (TPSA) is 79.5 Å². The first-order valence-corrected chi connectivity index (χ1v) is 9.27. The van der Waals surface area contributed by atoms with Crippen molar-refractivity contribution >= 4 is 28.9 Å². The Labute approximate surface area is 169 Å². The SMILES string of the molecule is CC(=O)Nc1ccc(NCC(=O)Nc2cccc(OCc3ccccc3)c2)cc1. The molecule has 0 saturated carbocycles. The van der Waals surface area contributed by atoms with Gasteiger partial charge < -0.3 is 20.7 Å². The summed E-state index contributed by atoms with van der Waals surface area (Å²) in [7, 11) is 0. The summed E-state index contributed by atoms with van der Waals surface area (Å²) < 4.78 is 5.79. The normalized spacial score (nSPS) is 10.1. The Morgan fingerprint density at radius 3 is 2.24 bits per heavy atom. The number of anilines is 3. The number of rotatable bonds is 8. The fraction of sp³-hybridized carbons (Fsp3) is 0.130. The molecule has 3 aromatic carbocycles. The molecule has 0 radical (unpaired) electrons. The van der Waals surface area contributed by atoms with Gasteiger partial charge in [0.2, 0.25) is 11.8 Å². The number of hydrogen-bond acceptors (Lipinski definition) is 4. The molecule has 6 nitrogen and oxygen atoms in total. The van der Waals surface area contributed by atoms with E-state index in [0.29, 0.717) is 23.7 Å². The third-order valence-corrected chi connectivity index (χ3v) is 4.02. The summed E-state index contributed by atoms with van der Waals surface area (Å²) in [6.45, 7) is 2.04. The van der Waals surface area contributed by atoms with Crippen LogP contribution >= 0.6 is 0 Å². The van der Waals surface area contributed by atoms with Crippen molar-refractivity contribution in [3.05, 3.63) is 84.4 Å². The minimum absolute atomic E-state index is 0.120. The van der Waals surface area contributed by atoms with Gasteiger partial charge >= 0.3 is 0 Å². The fourth-order valence-electron chi connectivity index (χ4n) is 2.67. The first kappa shape index (κ1) is 19.9. The summed E-state index contributed by atoms with van der Waals surface area (Å²) in [6.07, 6.45) is 0. The van der Waals surface area contributed by atoms with Crippen molar-refractivity contribution in [3.8, 4) is 5.75 Å². The van der Waals surface area contributed by atoms with Crippen molar-refractivity contribution in [3.63, 3.8) is 0 Å². The summed E-state index contributed by atoms with van der Waals surface area (Å²) in [4.78, 5) is 23.3. The zero-order chi connectivity index (χ0) is 20.5. The maximum Gasteiger partial charge on any atom is 0.243 e. The third-order valence-electron chi connectivity index (χ3n) is 4.02. The Hall–Kier alpha value is -3.80. The van der Waals surface area contributed by atoms with Crippen LogP contribution in [0, 0.1) is 0 Å². The van der Waals surface area contributed by atoms with Crippen LogP contribution in [0.3, 0.4) is 0 Å². The number of nitrogens with one attached hydrogen (secondary N) is 3. The predicted octanol–water partition coefficient (Wildman–Crippen LogP) is 4.27. The number of amides is 2. The molecule has 3 aromatic rings. The van der Waals surface area contributed by atoms with Crippen molar-refractivity contribution in [2.75, 3.05) is 22.5 Å². The molecule has 0 aromatic heterocycles. The van der Waals surface area contributed by atoms with E-state index in [1.54, 1.807) is 30.3 Å². The molecule has 2 amide bonds. The van der Waals surface area contributed by atoms with Crippen LogP contribution in [-0.2, 0) is 16.2 Å². The zero-order valence-electron chi connectivity index (χ0n) is 16.1. The van der Waals surface area contributed by atoms with Gasteiger partial charge in [0.15, 0.2) is 0 Å². The lowest BCUT2D eigenvalue weighted by molar-refractivity contribution is -0.115. The lowest BCUT2D eigenvalue weighted by Gasteiger charge is -2.11. The quantitative estimate of drug-likeness (QED) is 0.537. The Balaban J connectivity index is 1.48. The Kier molecular flexibility index (Phi) is 6.84. The van der Waals surface area contributed by atoms with Crippen molar-refractivity contribution in [2.45, 2.75) is 13.5 Å². The van der Waals surface area contributed by atoms with Crippen LogP contribution in [0.5, 0.6) is 5.75 Å². The monoisotopic (exact) mass is 389 g/mol. The van der Waals surface area contributed by atoms with Crippen LogP contribution in [0.2, 0.25) is 0 Å². The van der Waals surface area contributed by atoms with Gasteiger partial charge in [0.25, 0.3) is 0 Å². The number of benzene rings is 3. The highest BCUT2D eigenvalue weighted by molar-refractivity contribution is 5.94. The molecule has 0 heterocycles. The second kappa shape index (κ2) is 9.94. The van der Waals surface area contributed by atoms with Gasteiger partial charge in [-0.25, -0.2) is 0 Å². The van der Waals surface area contributed by atoms with E-state index in [0.717, 1.165) is 11.3 Å². The largest absolute Gasteiger partial charge is 0.489 e. The van der Waals surface area contributed by atoms with E-state index in [-0.39, 0.29) is 18.4 Å². The molecular weight excluding hydrogens is 366 g/mol. The minimum atomic E-state index is -0.170. The number of carbonyl (C=O) groups excluding carboxylic acids is 2. The summed E-state index contributed by atoms with van der Waals surface area (Å²) in [5.41, 5.74) is 3.24. The molecule has 0 aliphatic heterocycles. The second-order valence-corrected chi connectivity index (χ2v) is 6.46. The molecule has 0 bridgehead atoms. The van der Waals surface area contributed by atoms with Gasteiger partial charge in [-0.1, -0.05) is 36.4 Å². The molecular formula is C23H23N3O3. The van der Waals surface area contributed by atoms with Gasteiger partial charge in [-0.3, -0.25) is 9.59 Å². The van der Waals surface area contributed by atoms with E-state index >= 15 is 0 Å². The summed E-state index contributed by atoms with van der Waals surface area (Å²) in [5, 5.41) is 8.60. The van der Waals surface area contributed by atoms with Crippen LogP contribution in [0.1, 0.15) is 12.5 Å². The fourth-order valence-corrected chi connectivity index (χ4v) is 2.67. The van der Waals surface area contributed by atoms with Crippen molar-refractivity contribution < 1.29 is 14.3 Å². The molecule has 0 saturated heterocycles. The Morgan fingerprint density at radius 2 is 1.52 bits per heavy atom. The minimum Gasteiger partial charge on any atom is -0.489 e. The molecule has 0 aliphatic rings. The zero-order valence-corrected chi connectivity index (χ0v) is 16.1. The number of ether oxygens (including phenoxy) is 1. The van der Waals surface area contributed by atoms with Gasteiger partial charge in [-0.05, 0) is 42.0 Å². The smallest absolute Gasteiger partial charge is 0.243 e. The molecule has 148 valence electrons. The van der Waals surface area contributed by atoms with Crippen molar-refractivity contribution in [1.29, 1.82) is 0 Å². The highest BCUT2D eigenvalue weighted by Crippen LogP contribution is 2.19. The van der Waals surface area contributed by atoms with Gasteiger partial charge in [-0.2, -0.15) is 0 Å². The molecule has 0 atom stereocenters. The highest BCUT2D eigenvalue weighted by atomic mass is 16.5. The van der Waals surface area contributed by atoms with Crippen molar-refractivity contribution in [2.24, 2.45) is 0 Å². The lowest BCUT2D eigenvalue weighted by Crippen LogP contribution is -2.21. The van der Waals surface area contributed by atoms with Gasteiger partial charge in [0, 0.05) is 30.1 Å². The van der Waals surface area contributed by atoms with Crippen LogP contribution in [0.4, 0.5) is 17.1 Å². The summed E-state index contributed by atoms with van der Waals surface area (Å²) in [6, 6.07) is 24.4. The highest BCUT2D eigenvalue weighted by Gasteiger charge is 2.04. The third kappa shape index (κ3) is 6.70. The maximum atomic E-state index is 12.2. The van der Waals surface area contributed by atoms with Gasteiger partial charge in [0.1, 0.15) is 12.4 Å². The van der Waals surface area contributed by atoms with E-state index in [2.05, 4.69) is 16.0 Å². The van der Waals surface area contributed by atoms with Crippen LogP contribution in [-0.4, -0.2) is 18.4 Å². The molecule has 0 fully saturated rings.